The second-order valence-corrected chi connectivity index (χ2v) is 6.93. The van der Waals surface area contributed by atoms with Crippen LogP contribution in [0, 0.1) is 0 Å². The molecule has 0 spiro atoms. The van der Waals surface area contributed by atoms with Crippen molar-refractivity contribution < 1.29 is 5.11 Å². The average Bonchev–Trinajstić information content (AvgIpc) is 3.06. The summed E-state index contributed by atoms with van der Waals surface area (Å²) in [4.78, 5) is 4.79. The van der Waals surface area contributed by atoms with Crippen molar-refractivity contribution in [2.75, 3.05) is 0 Å². The second-order valence-electron chi connectivity index (χ2n) is 6.93. The Morgan fingerprint density at radius 1 is 0.889 bits per heavy atom. The molecule has 0 atom stereocenters. The maximum Gasteiger partial charge on any atom is 0.141 e. The number of aromatic hydroxyl groups is 1. The topological polar surface area (TPSA) is 38.1 Å². The number of unbranched alkanes of at least 4 members (excludes halogenated alkanes) is 1. The summed E-state index contributed by atoms with van der Waals surface area (Å²) in [6, 6.07) is 24.6. The maximum atomic E-state index is 10.4. The zero-order valence-corrected chi connectivity index (χ0v) is 15.6. The second kappa shape index (κ2) is 7.67. The van der Waals surface area contributed by atoms with E-state index >= 15 is 0 Å². The minimum atomic E-state index is 0.293. The highest BCUT2D eigenvalue weighted by Gasteiger charge is 2.14. The van der Waals surface area contributed by atoms with Gasteiger partial charge in [0.05, 0.1) is 5.52 Å². The van der Waals surface area contributed by atoms with E-state index in [4.69, 9.17) is 4.98 Å². The predicted octanol–water partition coefficient (Wildman–Crippen LogP) is 5.80. The van der Waals surface area contributed by atoms with Gasteiger partial charge in [0.25, 0.3) is 0 Å². The van der Waals surface area contributed by atoms with Crippen LogP contribution in [0.15, 0.2) is 72.8 Å². The molecule has 1 aromatic heterocycles. The first-order valence-corrected chi connectivity index (χ1v) is 9.57. The lowest BCUT2D eigenvalue weighted by atomic mass is 10.0. The highest BCUT2D eigenvalue weighted by atomic mass is 16.3. The third-order valence-corrected chi connectivity index (χ3v) is 4.95. The summed E-state index contributed by atoms with van der Waals surface area (Å²) in [5.41, 5.74) is 5.31. The van der Waals surface area contributed by atoms with Crippen LogP contribution in [0.2, 0.25) is 0 Å². The first-order chi connectivity index (χ1) is 13.3. The lowest BCUT2D eigenvalue weighted by Gasteiger charge is -2.11. The van der Waals surface area contributed by atoms with Crippen LogP contribution in [0.25, 0.3) is 22.2 Å². The number of nitrogens with zero attached hydrogens (tertiary/aromatic N) is 2. The van der Waals surface area contributed by atoms with Crippen molar-refractivity contribution in [3.8, 4) is 16.9 Å². The van der Waals surface area contributed by atoms with Crippen molar-refractivity contribution in [1.82, 2.24) is 9.55 Å². The number of para-hydroxylation sites is 1. The van der Waals surface area contributed by atoms with E-state index in [1.165, 1.54) is 16.7 Å². The lowest BCUT2D eigenvalue weighted by Crippen LogP contribution is -2.05. The number of benzene rings is 3. The normalized spacial score (nSPS) is 11.1. The summed E-state index contributed by atoms with van der Waals surface area (Å²) in [6.07, 6.45) is 3.13. The van der Waals surface area contributed by atoms with E-state index < -0.39 is 0 Å². The number of hydrogen-bond acceptors (Lipinski definition) is 2. The molecule has 0 aliphatic carbocycles. The largest absolute Gasteiger partial charge is 0.506 e. The third kappa shape index (κ3) is 3.59. The van der Waals surface area contributed by atoms with E-state index in [-0.39, 0.29) is 0 Å². The molecule has 0 bridgehead atoms. The predicted molar refractivity (Wildman–Crippen MR) is 111 cm³/mol. The van der Waals surface area contributed by atoms with Gasteiger partial charge in [0, 0.05) is 13.0 Å². The average molecular weight is 356 g/mol. The molecule has 0 unspecified atom stereocenters. The van der Waals surface area contributed by atoms with E-state index in [0.717, 1.165) is 36.1 Å². The van der Waals surface area contributed by atoms with Crippen LogP contribution in [-0.2, 0) is 13.0 Å². The SMILES string of the molecule is CCCCc1nc2cccc(O)c2n1Cc1cccc(-c2ccccc2)c1. The fraction of sp³-hybridized carbons (Fsp3) is 0.208. The van der Waals surface area contributed by atoms with Gasteiger partial charge in [-0.25, -0.2) is 4.98 Å². The first-order valence-electron chi connectivity index (χ1n) is 9.57. The summed E-state index contributed by atoms with van der Waals surface area (Å²) in [5.74, 6) is 1.33. The third-order valence-electron chi connectivity index (χ3n) is 4.95. The van der Waals surface area contributed by atoms with Crippen LogP contribution in [0.3, 0.4) is 0 Å². The van der Waals surface area contributed by atoms with Crippen molar-refractivity contribution in [3.63, 3.8) is 0 Å². The number of aryl methyl sites for hydroxylation is 1. The number of hydrogen-bond donors (Lipinski definition) is 1. The molecule has 4 rings (SSSR count). The molecule has 136 valence electrons. The van der Waals surface area contributed by atoms with Crippen molar-refractivity contribution in [2.45, 2.75) is 32.7 Å². The molecule has 0 aliphatic heterocycles. The van der Waals surface area contributed by atoms with E-state index in [1.807, 2.05) is 18.2 Å². The number of aromatic nitrogens is 2. The minimum absolute atomic E-state index is 0.293. The molecule has 27 heavy (non-hydrogen) atoms. The smallest absolute Gasteiger partial charge is 0.141 e. The first kappa shape index (κ1) is 17.3. The quantitative estimate of drug-likeness (QED) is 0.474. The van der Waals surface area contributed by atoms with Crippen molar-refractivity contribution in [3.05, 3.63) is 84.2 Å². The molecule has 0 amide bonds. The molecule has 1 N–H and O–H groups in total. The van der Waals surface area contributed by atoms with Crippen LogP contribution in [0.5, 0.6) is 5.75 Å². The zero-order valence-electron chi connectivity index (χ0n) is 15.6. The van der Waals surface area contributed by atoms with Gasteiger partial charge < -0.3 is 9.67 Å². The van der Waals surface area contributed by atoms with Gasteiger partial charge in [-0.3, -0.25) is 0 Å². The molecule has 0 saturated heterocycles. The summed E-state index contributed by atoms with van der Waals surface area (Å²) < 4.78 is 2.17. The summed E-state index contributed by atoms with van der Waals surface area (Å²) in [5, 5.41) is 10.4. The molecule has 0 aliphatic rings. The highest BCUT2D eigenvalue weighted by molar-refractivity contribution is 5.82. The van der Waals surface area contributed by atoms with Crippen molar-refractivity contribution in [1.29, 1.82) is 0 Å². The molecular weight excluding hydrogens is 332 g/mol. The van der Waals surface area contributed by atoms with E-state index in [9.17, 15) is 5.11 Å². The van der Waals surface area contributed by atoms with E-state index in [1.54, 1.807) is 6.07 Å². The van der Waals surface area contributed by atoms with Crippen LogP contribution >= 0.6 is 0 Å². The Morgan fingerprint density at radius 2 is 1.67 bits per heavy atom. The number of imidazole rings is 1. The van der Waals surface area contributed by atoms with Gasteiger partial charge in [0.2, 0.25) is 0 Å². The van der Waals surface area contributed by atoms with Gasteiger partial charge in [-0.15, -0.1) is 0 Å². The van der Waals surface area contributed by atoms with Gasteiger partial charge in [-0.1, -0.05) is 67.9 Å². The Bertz CT molecular complexity index is 1050. The van der Waals surface area contributed by atoms with Gasteiger partial charge in [0.1, 0.15) is 17.1 Å². The number of fused-ring (bicyclic) bond motifs is 1. The Labute approximate surface area is 159 Å². The van der Waals surface area contributed by atoms with Gasteiger partial charge >= 0.3 is 0 Å². The molecule has 4 aromatic rings. The Kier molecular flexibility index (Phi) is 4.93. The van der Waals surface area contributed by atoms with Gasteiger partial charge in [-0.2, -0.15) is 0 Å². The Balaban J connectivity index is 1.75. The van der Waals surface area contributed by atoms with Crippen LogP contribution in [0.4, 0.5) is 0 Å². The molecule has 1 heterocycles. The fourth-order valence-electron chi connectivity index (χ4n) is 3.57. The maximum absolute atomic E-state index is 10.4. The summed E-state index contributed by atoms with van der Waals surface area (Å²) >= 11 is 0. The van der Waals surface area contributed by atoms with Crippen LogP contribution in [0.1, 0.15) is 31.2 Å². The molecule has 0 saturated carbocycles. The van der Waals surface area contributed by atoms with E-state index in [0.29, 0.717) is 12.3 Å². The molecule has 0 fully saturated rings. The number of rotatable bonds is 6. The molecule has 3 heteroatoms. The van der Waals surface area contributed by atoms with Gasteiger partial charge in [-0.05, 0) is 41.3 Å². The monoisotopic (exact) mass is 356 g/mol. The number of phenols is 1. The van der Waals surface area contributed by atoms with Crippen molar-refractivity contribution >= 4 is 11.0 Å². The molecule has 0 radical (unpaired) electrons. The fourth-order valence-corrected chi connectivity index (χ4v) is 3.57. The van der Waals surface area contributed by atoms with Gasteiger partial charge in [0.15, 0.2) is 0 Å². The molecular formula is C24H24N2O. The zero-order chi connectivity index (χ0) is 18.6. The van der Waals surface area contributed by atoms with Crippen LogP contribution in [-0.4, -0.2) is 14.7 Å². The highest BCUT2D eigenvalue weighted by Crippen LogP contribution is 2.28. The standard InChI is InChI=1S/C24H24N2O/c1-2-3-15-23-25-21-13-8-14-22(27)24(21)26(23)17-18-9-7-12-20(16-18)19-10-5-4-6-11-19/h4-14,16,27H,2-3,15,17H2,1H3. The van der Waals surface area contributed by atoms with E-state index in [2.05, 4.69) is 60.0 Å². The number of phenolic OH excluding ortho intramolecular Hbond substituents is 1. The Morgan fingerprint density at radius 3 is 2.48 bits per heavy atom. The van der Waals surface area contributed by atoms with Crippen LogP contribution < -0.4 is 0 Å². The lowest BCUT2D eigenvalue weighted by molar-refractivity contribution is 0.477. The Hall–Kier alpha value is -3.07. The summed E-state index contributed by atoms with van der Waals surface area (Å²) in [7, 11) is 0. The minimum Gasteiger partial charge on any atom is -0.506 e. The molecule has 3 nitrogen and oxygen atoms in total. The summed E-state index contributed by atoms with van der Waals surface area (Å²) in [6.45, 7) is 2.89. The molecule has 3 aromatic carbocycles. The van der Waals surface area contributed by atoms with Crippen molar-refractivity contribution in [2.24, 2.45) is 0 Å².